The molecule has 0 bridgehead atoms. The van der Waals surface area contributed by atoms with E-state index in [-0.39, 0.29) is 0 Å². The Labute approximate surface area is 68.5 Å². The first kappa shape index (κ1) is 11.5. The number of halogens is 6. The molecule has 0 aromatic carbocycles. The first-order chi connectivity index (χ1) is 5.07. The molecule has 0 amide bonds. The van der Waals surface area contributed by atoms with E-state index >= 15 is 0 Å². The Bertz CT molecular complexity index is 167. The largest absolute Gasteiger partial charge is 0.406 e. The standard InChI is InChI=1S/C4H3F6NS/c5-3(6,7)1(2(11)12)4(8,9)10/h1H,(H2,11,12). The fourth-order valence-electron chi connectivity index (χ4n) is 0.508. The zero-order chi connectivity index (χ0) is 10.2. The van der Waals surface area contributed by atoms with Crippen molar-refractivity contribution in [2.45, 2.75) is 12.4 Å². The third-order valence-corrected chi connectivity index (χ3v) is 1.17. The summed E-state index contributed by atoms with van der Waals surface area (Å²) in [5.41, 5.74) is 4.30. The second-order valence-electron chi connectivity index (χ2n) is 1.92. The highest BCUT2D eigenvalue weighted by Crippen LogP contribution is 2.39. The summed E-state index contributed by atoms with van der Waals surface area (Å²) in [6, 6.07) is 0. The van der Waals surface area contributed by atoms with E-state index < -0.39 is 23.3 Å². The number of hydrogen-bond acceptors (Lipinski definition) is 1. The maximum Gasteiger partial charge on any atom is 0.406 e. The monoisotopic (exact) mass is 211 g/mol. The van der Waals surface area contributed by atoms with Crippen molar-refractivity contribution < 1.29 is 26.3 Å². The molecule has 12 heavy (non-hydrogen) atoms. The van der Waals surface area contributed by atoms with Gasteiger partial charge in [-0.2, -0.15) is 26.3 Å². The van der Waals surface area contributed by atoms with Gasteiger partial charge < -0.3 is 5.73 Å². The van der Waals surface area contributed by atoms with Crippen LogP contribution in [0.15, 0.2) is 0 Å². The highest BCUT2D eigenvalue weighted by Gasteiger charge is 2.58. The molecule has 0 saturated heterocycles. The van der Waals surface area contributed by atoms with Crippen molar-refractivity contribution in [1.29, 1.82) is 0 Å². The van der Waals surface area contributed by atoms with Crippen LogP contribution in [0.5, 0.6) is 0 Å². The fourth-order valence-corrected chi connectivity index (χ4v) is 0.775. The number of hydrogen-bond donors (Lipinski definition) is 1. The molecule has 0 rings (SSSR count). The summed E-state index contributed by atoms with van der Waals surface area (Å²) in [5, 5.41) is 0. The molecule has 0 aliphatic rings. The average molecular weight is 211 g/mol. The van der Waals surface area contributed by atoms with Crippen molar-refractivity contribution in [2.75, 3.05) is 0 Å². The van der Waals surface area contributed by atoms with E-state index in [4.69, 9.17) is 0 Å². The molecule has 0 unspecified atom stereocenters. The van der Waals surface area contributed by atoms with Gasteiger partial charge in [0.2, 0.25) is 0 Å². The van der Waals surface area contributed by atoms with E-state index in [9.17, 15) is 26.3 Å². The van der Waals surface area contributed by atoms with Gasteiger partial charge in [0.25, 0.3) is 0 Å². The lowest BCUT2D eigenvalue weighted by atomic mass is 10.1. The Morgan fingerprint density at radius 1 is 1.00 bits per heavy atom. The normalized spacial score (nSPS) is 13.6. The molecule has 0 aromatic rings. The Morgan fingerprint density at radius 3 is 1.25 bits per heavy atom. The highest BCUT2D eigenvalue weighted by atomic mass is 32.1. The molecule has 8 heteroatoms. The quantitative estimate of drug-likeness (QED) is 0.530. The minimum Gasteiger partial charge on any atom is -0.393 e. The van der Waals surface area contributed by atoms with Gasteiger partial charge in [-0.3, -0.25) is 0 Å². The number of alkyl halides is 6. The van der Waals surface area contributed by atoms with E-state index in [1.54, 1.807) is 0 Å². The summed E-state index contributed by atoms with van der Waals surface area (Å²) >= 11 is 3.65. The number of thiocarbonyl (C=S) groups is 1. The van der Waals surface area contributed by atoms with Crippen LogP contribution >= 0.6 is 12.2 Å². The second kappa shape index (κ2) is 3.08. The lowest BCUT2D eigenvalue weighted by molar-refractivity contribution is -0.260. The third kappa shape index (κ3) is 2.84. The van der Waals surface area contributed by atoms with Gasteiger partial charge in [0.1, 0.15) is 0 Å². The molecule has 0 spiro atoms. The average Bonchev–Trinajstić information content (AvgIpc) is 1.49. The molecule has 0 aliphatic heterocycles. The van der Waals surface area contributed by atoms with Crippen LogP contribution in [0.1, 0.15) is 0 Å². The van der Waals surface area contributed by atoms with Crippen LogP contribution in [0.3, 0.4) is 0 Å². The summed E-state index contributed by atoms with van der Waals surface area (Å²) < 4.78 is 69.5. The van der Waals surface area contributed by atoms with Crippen LogP contribution in [-0.4, -0.2) is 17.3 Å². The Hall–Kier alpha value is -0.530. The number of rotatable bonds is 1. The SMILES string of the molecule is NC(=S)C(C(F)(F)F)C(F)(F)F. The summed E-state index contributed by atoms with van der Waals surface area (Å²) in [7, 11) is 0. The maximum absolute atomic E-state index is 11.6. The van der Waals surface area contributed by atoms with Crippen molar-refractivity contribution in [1.82, 2.24) is 0 Å². The Kier molecular flexibility index (Phi) is 2.94. The van der Waals surface area contributed by atoms with E-state index in [0.29, 0.717) is 0 Å². The van der Waals surface area contributed by atoms with E-state index in [1.807, 2.05) is 0 Å². The van der Waals surface area contributed by atoms with E-state index in [1.165, 1.54) is 0 Å². The number of nitrogens with two attached hydrogens (primary N) is 1. The fraction of sp³-hybridized carbons (Fsp3) is 0.750. The van der Waals surface area contributed by atoms with Gasteiger partial charge in [-0.1, -0.05) is 12.2 Å². The minimum atomic E-state index is -5.47. The van der Waals surface area contributed by atoms with Crippen LogP contribution in [0, 0.1) is 5.92 Å². The van der Waals surface area contributed by atoms with Gasteiger partial charge in [-0.15, -0.1) is 0 Å². The second-order valence-corrected chi connectivity index (χ2v) is 2.39. The summed E-state index contributed by atoms with van der Waals surface area (Å²) in [6.45, 7) is 0. The molecular weight excluding hydrogens is 208 g/mol. The Morgan fingerprint density at radius 2 is 1.25 bits per heavy atom. The van der Waals surface area contributed by atoms with Crippen molar-refractivity contribution in [2.24, 2.45) is 11.7 Å². The molecule has 72 valence electrons. The molecule has 0 radical (unpaired) electrons. The van der Waals surface area contributed by atoms with Crippen molar-refractivity contribution in [3.05, 3.63) is 0 Å². The van der Waals surface area contributed by atoms with Crippen LogP contribution in [0.25, 0.3) is 0 Å². The van der Waals surface area contributed by atoms with E-state index in [2.05, 4.69) is 18.0 Å². The summed E-state index contributed by atoms with van der Waals surface area (Å²) in [4.78, 5) is -1.62. The minimum absolute atomic E-state index is 1.62. The van der Waals surface area contributed by atoms with Crippen LogP contribution < -0.4 is 5.73 Å². The Balaban J connectivity index is 4.82. The topological polar surface area (TPSA) is 26.0 Å². The van der Waals surface area contributed by atoms with Crippen LogP contribution in [-0.2, 0) is 0 Å². The molecule has 0 fully saturated rings. The molecule has 1 nitrogen and oxygen atoms in total. The van der Waals surface area contributed by atoms with Gasteiger partial charge >= 0.3 is 12.4 Å². The molecule has 0 atom stereocenters. The van der Waals surface area contributed by atoms with Gasteiger partial charge in [0, 0.05) is 0 Å². The maximum atomic E-state index is 11.6. The first-order valence-corrected chi connectivity index (χ1v) is 2.90. The molecule has 0 aromatic heterocycles. The molecule has 0 aliphatic carbocycles. The predicted molar refractivity (Wildman–Crippen MR) is 32.4 cm³/mol. The van der Waals surface area contributed by atoms with Crippen molar-refractivity contribution in [3.8, 4) is 0 Å². The van der Waals surface area contributed by atoms with Crippen LogP contribution in [0.2, 0.25) is 0 Å². The molecular formula is C4H3F6NS. The third-order valence-electron chi connectivity index (χ3n) is 0.939. The van der Waals surface area contributed by atoms with Gasteiger partial charge in [-0.05, 0) is 0 Å². The lowest BCUT2D eigenvalue weighted by Crippen LogP contribution is -2.44. The zero-order valence-corrected chi connectivity index (χ0v) is 6.15. The van der Waals surface area contributed by atoms with Gasteiger partial charge in [0.05, 0.1) is 4.99 Å². The highest BCUT2D eigenvalue weighted by molar-refractivity contribution is 7.80. The zero-order valence-electron chi connectivity index (χ0n) is 5.33. The van der Waals surface area contributed by atoms with Crippen LogP contribution in [0.4, 0.5) is 26.3 Å². The van der Waals surface area contributed by atoms with Crippen molar-refractivity contribution >= 4 is 17.2 Å². The summed E-state index contributed by atoms with van der Waals surface area (Å²) in [6.07, 6.45) is -10.9. The van der Waals surface area contributed by atoms with E-state index in [0.717, 1.165) is 0 Å². The smallest absolute Gasteiger partial charge is 0.393 e. The summed E-state index contributed by atoms with van der Waals surface area (Å²) in [5.74, 6) is -3.71. The predicted octanol–water partition coefficient (Wildman–Crippen LogP) is 2.01. The molecule has 0 heterocycles. The lowest BCUT2D eigenvalue weighted by Gasteiger charge is -2.21. The molecule has 2 N–H and O–H groups in total. The first-order valence-electron chi connectivity index (χ1n) is 2.49. The van der Waals surface area contributed by atoms with Gasteiger partial charge in [0.15, 0.2) is 5.92 Å². The van der Waals surface area contributed by atoms with Crippen molar-refractivity contribution in [3.63, 3.8) is 0 Å². The van der Waals surface area contributed by atoms with Gasteiger partial charge in [-0.25, -0.2) is 0 Å². The molecule has 0 saturated carbocycles.